The van der Waals surface area contributed by atoms with E-state index in [0.29, 0.717) is 0 Å². The van der Waals surface area contributed by atoms with Crippen LogP contribution in [0.4, 0.5) is 4.39 Å². The van der Waals surface area contributed by atoms with Crippen LogP contribution in [0, 0.1) is 5.82 Å². The van der Waals surface area contributed by atoms with Gasteiger partial charge in [0, 0.05) is 12.1 Å². The van der Waals surface area contributed by atoms with E-state index < -0.39 is 0 Å². The lowest BCUT2D eigenvalue weighted by Gasteiger charge is -2.13. The van der Waals surface area contributed by atoms with Crippen molar-refractivity contribution >= 4 is 0 Å². The molecule has 0 saturated heterocycles. The van der Waals surface area contributed by atoms with Gasteiger partial charge in [-0.3, -0.25) is 0 Å². The molecule has 1 nitrogen and oxygen atoms in total. The Morgan fingerprint density at radius 1 is 0.857 bits per heavy atom. The molecule has 0 fully saturated rings. The first-order valence-electron chi connectivity index (χ1n) is 7.80. The summed E-state index contributed by atoms with van der Waals surface area (Å²) in [6.07, 6.45) is 1.88. The molecule has 0 aliphatic heterocycles. The Hall–Kier alpha value is -1.67. The van der Waals surface area contributed by atoms with Crippen LogP contribution in [0.15, 0.2) is 36.4 Å². The molecule has 112 valence electrons. The minimum atomic E-state index is -0.141. The molecule has 2 heteroatoms. The molecule has 0 aliphatic carbocycles. The Kier molecular flexibility index (Phi) is 5.51. The zero-order chi connectivity index (χ0) is 15.2. The van der Waals surface area contributed by atoms with E-state index in [1.165, 1.54) is 11.1 Å². The van der Waals surface area contributed by atoms with Crippen LogP contribution in [0.2, 0.25) is 0 Å². The van der Waals surface area contributed by atoms with E-state index in [2.05, 4.69) is 44.3 Å². The summed E-state index contributed by atoms with van der Waals surface area (Å²) in [6, 6.07) is 11.8. The number of halogens is 1. The molecule has 0 heterocycles. The minimum Gasteiger partial charge on any atom is -0.313 e. The second-order valence-corrected chi connectivity index (χ2v) is 5.29. The molecular weight excluding hydrogens is 261 g/mol. The van der Waals surface area contributed by atoms with Gasteiger partial charge in [-0.05, 0) is 53.8 Å². The molecule has 0 spiro atoms. The molecule has 2 aromatic carbocycles. The average molecular weight is 285 g/mol. The van der Waals surface area contributed by atoms with E-state index in [1.54, 1.807) is 6.07 Å². The van der Waals surface area contributed by atoms with E-state index in [4.69, 9.17) is 0 Å². The molecule has 0 saturated carbocycles. The highest BCUT2D eigenvalue weighted by Gasteiger charge is 2.11. The van der Waals surface area contributed by atoms with Crippen LogP contribution in [-0.4, -0.2) is 6.54 Å². The van der Waals surface area contributed by atoms with Gasteiger partial charge in [-0.25, -0.2) is 4.39 Å². The molecule has 0 aromatic heterocycles. The highest BCUT2D eigenvalue weighted by atomic mass is 19.1. The zero-order valence-electron chi connectivity index (χ0n) is 13.2. The van der Waals surface area contributed by atoms with Crippen molar-refractivity contribution in [2.75, 3.05) is 6.54 Å². The molecule has 1 N–H and O–H groups in total. The second kappa shape index (κ2) is 7.37. The van der Waals surface area contributed by atoms with Gasteiger partial charge in [0.15, 0.2) is 0 Å². The van der Waals surface area contributed by atoms with E-state index in [9.17, 15) is 4.39 Å². The first-order chi connectivity index (χ1) is 10.2. The fourth-order valence-corrected chi connectivity index (χ4v) is 2.56. The summed E-state index contributed by atoms with van der Waals surface area (Å²) in [6.45, 7) is 8.01. The summed E-state index contributed by atoms with van der Waals surface area (Å²) in [4.78, 5) is 0. The van der Waals surface area contributed by atoms with Gasteiger partial charge in [0.05, 0.1) is 0 Å². The van der Waals surface area contributed by atoms with Crippen molar-refractivity contribution in [3.05, 3.63) is 58.9 Å². The number of benzene rings is 2. The standard InChI is InChI=1S/C19H24FN/c1-4-14-7-9-16(5-2)17(11-14)18-12-15(13-21-6-3)8-10-19(18)20/h7-12,21H,4-6,13H2,1-3H3. The highest BCUT2D eigenvalue weighted by molar-refractivity contribution is 5.69. The zero-order valence-corrected chi connectivity index (χ0v) is 13.2. The Balaban J connectivity index is 2.49. The molecule has 2 aromatic rings. The molecule has 0 aliphatic rings. The maximum atomic E-state index is 14.3. The van der Waals surface area contributed by atoms with Crippen molar-refractivity contribution in [2.24, 2.45) is 0 Å². The van der Waals surface area contributed by atoms with E-state index in [1.807, 2.05) is 12.1 Å². The van der Waals surface area contributed by atoms with E-state index in [0.717, 1.165) is 42.6 Å². The SMILES string of the molecule is CCNCc1ccc(F)c(-c2cc(CC)ccc2CC)c1. The summed E-state index contributed by atoms with van der Waals surface area (Å²) >= 11 is 0. The molecule has 2 rings (SSSR count). The lowest BCUT2D eigenvalue weighted by Crippen LogP contribution is -2.11. The normalized spacial score (nSPS) is 10.9. The first kappa shape index (κ1) is 15.7. The third-order valence-corrected chi connectivity index (χ3v) is 3.86. The van der Waals surface area contributed by atoms with Crippen molar-refractivity contribution in [2.45, 2.75) is 40.2 Å². The van der Waals surface area contributed by atoms with Gasteiger partial charge in [-0.1, -0.05) is 45.0 Å². The molecule has 0 amide bonds. The average Bonchev–Trinajstić information content (AvgIpc) is 2.53. The van der Waals surface area contributed by atoms with Crippen molar-refractivity contribution < 1.29 is 4.39 Å². The Bertz CT molecular complexity index is 605. The van der Waals surface area contributed by atoms with Crippen LogP contribution >= 0.6 is 0 Å². The number of hydrogen-bond acceptors (Lipinski definition) is 1. The molecule has 21 heavy (non-hydrogen) atoms. The molecule has 0 bridgehead atoms. The quantitative estimate of drug-likeness (QED) is 0.809. The third kappa shape index (κ3) is 3.70. The highest BCUT2D eigenvalue weighted by Crippen LogP contribution is 2.29. The summed E-state index contributed by atoms with van der Waals surface area (Å²) in [5.41, 5.74) is 5.33. The van der Waals surface area contributed by atoms with Crippen molar-refractivity contribution in [3.63, 3.8) is 0 Å². The van der Waals surface area contributed by atoms with Crippen LogP contribution < -0.4 is 5.32 Å². The number of rotatable bonds is 6. The maximum absolute atomic E-state index is 14.3. The van der Waals surface area contributed by atoms with Gasteiger partial charge in [0.25, 0.3) is 0 Å². The number of nitrogens with one attached hydrogen (secondary N) is 1. The van der Waals surface area contributed by atoms with Gasteiger partial charge in [0.1, 0.15) is 5.82 Å². The van der Waals surface area contributed by atoms with Gasteiger partial charge >= 0.3 is 0 Å². The topological polar surface area (TPSA) is 12.0 Å². The lowest BCUT2D eigenvalue weighted by molar-refractivity contribution is 0.629. The van der Waals surface area contributed by atoms with Crippen molar-refractivity contribution in [1.82, 2.24) is 5.32 Å². The van der Waals surface area contributed by atoms with Gasteiger partial charge < -0.3 is 5.32 Å². The Morgan fingerprint density at radius 3 is 2.24 bits per heavy atom. The predicted octanol–water partition coefficient (Wildman–Crippen LogP) is 4.73. The lowest BCUT2D eigenvalue weighted by atomic mass is 9.93. The monoisotopic (exact) mass is 285 g/mol. The first-order valence-corrected chi connectivity index (χ1v) is 7.80. The molecule has 0 atom stereocenters. The Morgan fingerprint density at radius 2 is 1.57 bits per heavy atom. The van der Waals surface area contributed by atoms with Crippen LogP contribution in [0.25, 0.3) is 11.1 Å². The van der Waals surface area contributed by atoms with Crippen LogP contribution in [0.1, 0.15) is 37.5 Å². The van der Waals surface area contributed by atoms with Crippen LogP contribution in [-0.2, 0) is 19.4 Å². The molecular formula is C19H24FN. The summed E-state index contributed by atoms with van der Waals surface area (Å²) in [5.74, 6) is -0.141. The number of hydrogen-bond donors (Lipinski definition) is 1. The second-order valence-electron chi connectivity index (χ2n) is 5.29. The summed E-state index contributed by atoms with van der Waals surface area (Å²) < 4.78 is 14.3. The van der Waals surface area contributed by atoms with Gasteiger partial charge in [0.2, 0.25) is 0 Å². The summed E-state index contributed by atoms with van der Waals surface area (Å²) in [7, 11) is 0. The smallest absolute Gasteiger partial charge is 0.131 e. The van der Waals surface area contributed by atoms with Crippen LogP contribution in [0.5, 0.6) is 0 Å². The van der Waals surface area contributed by atoms with Crippen molar-refractivity contribution in [1.29, 1.82) is 0 Å². The minimum absolute atomic E-state index is 0.141. The molecule has 0 unspecified atom stereocenters. The largest absolute Gasteiger partial charge is 0.313 e. The maximum Gasteiger partial charge on any atom is 0.131 e. The Labute approximate surface area is 127 Å². The fraction of sp³-hybridized carbons (Fsp3) is 0.368. The fourth-order valence-electron chi connectivity index (χ4n) is 2.56. The van der Waals surface area contributed by atoms with Gasteiger partial charge in [-0.2, -0.15) is 0 Å². The van der Waals surface area contributed by atoms with E-state index >= 15 is 0 Å². The molecule has 0 radical (unpaired) electrons. The van der Waals surface area contributed by atoms with E-state index in [-0.39, 0.29) is 5.82 Å². The third-order valence-electron chi connectivity index (χ3n) is 3.86. The summed E-state index contributed by atoms with van der Waals surface area (Å²) in [5, 5.41) is 3.29. The predicted molar refractivity (Wildman–Crippen MR) is 88.0 cm³/mol. The van der Waals surface area contributed by atoms with Crippen LogP contribution in [0.3, 0.4) is 0 Å². The van der Waals surface area contributed by atoms with Crippen molar-refractivity contribution in [3.8, 4) is 11.1 Å². The number of aryl methyl sites for hydroxylation is 2. The van der Waals surface area contributed by atoms with Gasteiger partial charge in [-0.15, -0.1) is 0 Å².